The van der Waals surface area contributed by atoms with Crippen LogP contribution in [0.5, 0.6) is 0 Å². The van der Waals surface area contributed by atoms with Crippen molar-refractivity contribution in [1.29, 1.82) is 0 Å². The van der Waals surface area contributed by atoms with Crippen LogP contribution in [0, 0.1) is 0 Å². The number of rotatable bonds is 6. The molecule has 0 bridgehead atoms. The molecular formula is C13H22N2O2S2. The van der Waals surface area contributed by atoms with Gasteiger partial charge in [-0.25, -0.2) is 8.42 Å². The first-order valence-corrected chi connectivity index (χ1v) is 9.16. The molecular weight excluding hydrogens is 280 g/mol. The Balaban J connectivity index is 2.23. The number of thiophene rings is 1. The van der Waals surface area contributed by atoms with Gasteiger partial charge in [0.15, 0.2) is 0 Å². The van der Waals surface area contributed by atoms with Gasteiger partial charge in [-0.15, -0.1) is 11.3 Å². The van der Waals surface area contributed by atoms with E-state index in [-0.39, 0.29) is 6.04 Å². The van der Waals surface area contributed by atoms with Gasteiger partial charge in [0.05, 0.1) is 0 Å². The van der Waals surface area contributed by atoms with E-state index in [0.29, 0.717) is 17.3 Å². The van der Waals surface area contributed by atoms with Gasteiger partial charge in [0, 0.05) is 17.5 Å². The van der Waals surface area contributed by atoms with Gasteiger partial charge >= 0.3 is 0 Å². The van der Waals surface area contributed by atoms with Gasteiger partial charge in [-0.2, -0.15) is 4.31 Å². The fraction of sp³-hybridized carbons (Fsp3) is 0.692. The largest absolute Gasteiger partial charge is 0.330 e. The van der Waals surface area contributed by atoms with Crippen LogP contribution in [0.4, 0.5) is 0 Å². The summed E-state index contributed by atoms with van der Waals surface area (Å²) in [4.78, 5) is 1.04. The quantitative estimate of drug-likeness (QED) is 0.876. The minimum Gasteiger partial charge on any atom is -0.330 e. The average molecular weight is 302 g/mol. The van der Waals surface area contributed by atoms with E-state index in [1.54, 1.807) is 10.4 Å². The summed E-state index contributed by atoms with van der Waals surface area (Å²) in [6.45, 7) is 3.03. The van der Waals surface area contributed by atoms with Crippen molar-refractivity contribution in [1.82, 2.24) is 4.31 Å². The van der Waals surface area contributed by atoms with Crippen molar-refractivity contribution < 1.29 is 8.42 Å². The van der Waals surface area contributed by atoms with Crippen molar-refractivity contribution in [2.45, 2.75) is 49.3 Å². The summed E-state index contributed by atoms with van der Waals surface area (Å²) >= 11 is 1.36. The van der Waals surface area contributed by atoms with E-state index in [1.807, 2.05) is 13.0 Å². The molecule has 1 aromatic rings. The molecule has 0 spiro atoms. The summed E-state index contributed by atoms with van der Waals surface area (Å²) in [6.07, 6.45) is 5.01. The summed E-state index contributed by atoms with van der Waals surface area (Å²) in [5.74, 6) is 0. The molecule has 2 N–H and O–H groups in total. The van der Waals surface area contributed by atoms with Crippen molar-refractivity contribution in [3.05, 3.63) is 17.0 Å². The Labute approximate surface area is 119 Å². The predicted molar refractivity (Wildman–Crippen MR) is 78.9 cm³/mol. The number of sulfonamides is 1. The van der Waals surface area contributed by atoms with Crippen molar-refractivity contribution >= 4 is 21.4 Å². The van der Waals surface area contributed by atoms with Gasteiger partial charge in [-0.05, 0) is 37.9 Å². The Morgan fingerprint density at radius 2 is 2.05 bits per heavy atom. The maximum absolute atomic E-state index is 12.7. The Morgan fingerprint density at radius 1 is 1.37 bits per heavy atom. The fourth-order valence-corrected chi connectivity index (χ4v) is 5.90. The molecule has 108 valence electrons. The molecule has 0 amide bonds. The van der Waals surface area contributed by atoms with Crippen molar-refractivity contribution in [2.75, 3.05) is 13.1 Å². The average Bonchev–Trinajstić information content (AvgIpc) is 3.01. The SMILES string of the molecule is CCN(C1CCCC1)S(=O)(=O)c1ccc(CCN)s1. The number of hydrogen-bond acceptors (Lipinski definition) is 4. The molecule has 6 heteroatoms. The smallest absolute Gasteiger partial charge is 0.252 e. The topological polar surface area (TPSA) is 63.4 Å². The van der Waals surface area contributed by atoms with Gasteiger partial charge in [0.1, 0.15) is 4.21 Å². The van der Waals surface area contributed by atoms with Gasteiger partial charge in [0.2, 0.25) is 0 Å². The lowest BCUT2D eigenvalue weighted by molar-refractivity contribution is 0.336. The molecule has 19 heavy (non-hydrogen) atoms. The highest BCUT2D eigenvalue weighted by Gasteiger charge is 2.32. The number of hydrogen-bond donors (Lipinski definition) is 1. The van der Waals surface area contributed by atoms with Crippen LogP contribution in [0.1, 0.15) is 37.5 Å². The molecule has 1 fully saturated rings. The zero-order valence-corrected chi connectivity index (χ0v) is 13.0. The predicted octanol–water partition coefficient (Wildman–Crippen LogP) is 2.20. The molecule has 0 aliphatic heterocycles. The molecule has 0 saturated heterocycles. The van der Waals surface area contributed by atoms with E-state index in [0.717, 1.165) is 37.0 Å². The first-order chi connectivity index (χ1) is 9.09. The Kier molecular flexibility index (Phi) is 5.00. The third-order valence-electron chi connectivity index (χ3n) is 3.63. The van der Waals surface area contributed by atoms with Crippen LogP contribution in [0.25, 0.3) is 0 Å². The summed E-state index contributed by atoms with van der Waals surface area (Å²) in [6, 6.07) is 3.80. The molecule has 0 aromatic carbocycles. The van der Waals surface area contributed by atoms with Gasteiger partial charge in [-0.3, -0.25) is 0 Å². The zero-order chi connectivity index (χ0) is 13.9. The van der Waals surface area contributed by atoms with Crippen LogP contribution < -0.4 is 5.73 Å². The van der Waals surface area contributed by atoms with E-state index < -0.39 is 10.0 Å². The van der Waals surface area contributed by atoms with Gasteiger partial charge in [0.25, 0.3) is 10.0 Å². The Hall–Kier alpha value is -0.430. The van der Waals surface area contributed by atoms with Crippen LogP contribution in [-0.2, 0) is 16.4 Å². The second kappa shape index (κ2) is 6.35. The van der Waals surface area contributed by atoms with Crippen LogP contribution in [-0.4, -0.2) is 31.9 Å². The Morgan fingerprint density at radius 3 is 2.63 bits per heavy atom. The maximum Gasteiger partial charge on any atom is 0.252 e. The summed E-state index contributed by atoms with van der Waals surface area (Å²) in [5.41, 5.74) is 5.51. The summed E-state index contributed by atoms with van der Waals surface area (Å²) < 4.78 is 27.5. The summed E-state index contributed by atoms with van der Waals surface area (Å²) in [7, 11) is -3.32. The lowest BCUT2D eigenvalue weighted by atomic mass is 10.2. The summed E-state index contributed by atoms with van der Waals surface area (Å²) in [5, 5.41) is 0. The Bertz CT molecular complexity index is 504. The molecule has 1 aliphatic carbocycles. The third kappa shape index (κ3) is 3.18. The van der Waals surface area contributed by atoms with Gasteiger partial charge in [-0.1, -0.05) is 19.8 Å². The molecule has 1 saturated carbocycles. The van der Waals surface area contributed by atoms with E-state index >= 15 is 0 Å². The van der Waals surface area contributed by atoms with Crippen LogP contribution in [0.3, 0.4) is 0 Å². The van der Waals surface area contributed by atoms with E-state index in [2.05, 4.69) is 0 Å². The molecule has 0 unspecified atom stereocenters. The van der Waals surface area contributed by atoms with Crippen LogP contribution in [0.2, 0.25) is 0 Å². The lowest BCUT2D eigenvalue weighted by Crippen LogP contribution is -2.38. The highest BCUT2D eigenvalue weighted by molar-refractivity contribution is 7.91. The first kappa shape index (κ1) is 15.0. The monoisotopic (exact) mass is 302 g/mol. The fourth-order valence-electron chi connectivity index (χ4n) is 2.71. The van der Waals surface area contributed by atoms with Crippen molar-refractivity contribution in [3.63, 3.8) is 0 Å². The minimum atomic E-state index is -3.32. The van der Waals surface area contributed by atoms with E-state index in [9.17, 15) is 8.42 Å². The highest BCUT2D eigenvalue weighted by atomic mass is 32.2. The minimum absolute atomic E-state index is 0.190. The maximum atomic E-state index is 12.7. The molecule has 1 aliphatic rings. The normalized spacial score (nSPS) is 17.4. The third-order valence-corrected chi connectivity index (χ3v) is 7.27. The zero-order valence-electron chi connectivity index (χ0n) is 11.3. The van der Waals surface area contributed by atoms with E-state index in [1.165, 1.54) is 11.3 Å². The van der Waals surface area contributed by atoms with E-state index in [4.69, 9.17) is 5.73 Å². The highest BCUT2D eigenvalue weighted by Crippen LogP contribution is 2.31. The molecule has 4 nitrogen and oxygen atoms in total. The molecule has 2 rings (SSSR count). The second-order valence-corrected chi connectivity index (χ2v) is 8.19. The standard InChI is InChI=1S/C13H22N2O2S2/c1-2-15(11-5-3-4-6-11)19(16,17)13-8-7-12(18-13)9-10-14/h7-8,11H,2-6,9-10,14H2,1H3. The first-order valence-electron chi connectivity index (χ1n) is 6.90. The molecule has 0 radical (unpaired) electrons. The number of nitrogens with zero attached hydrogens (tertiary/aromatic N) is 1. The van der Waals surface area contributed by atoms with Crippen molar-refractivity contribution in [3.8, 4) is 0 Å². The molecule has 1 aromatic heterocycles. The second-order valence-electron chi connectivity index (χ2n) is 4.91. The lowest BCUT2D eigenvalue weighted by Gasteiger charge is -2.25. The number of nitrogens with two attached hydrogens (primary N) is 1. The van der Waals surface area contributed by atoms with Crippen LogP contribution >= 0.6 is 11.3 Å². The van der Waals surface area contributed by atoms with Crippen molar-refractivity contribution in [2.24, 2.45) is 5.73 Å². The molecule has 1 heterocycles. The van der Waals surface area contributed by atoms with Gasteiger partial charge < -0.3 is 5.73 Å². The van der Waals surface area contributed by atoms with Crippen LogP contribution in [0.15, 0.2) is 16.3 Å². The molecule has 0 atom stereocenters.